The van der Waals surface area contributed by atoms with Crippen molar-refractivity contribution in [1.29, 1.82) is 0 Å². The summed E-state index contributed by atoms with van der Waals surface area (Å²) in [5.74, 6) is 1.27. The maximum Gasteiger partial charge on any atom is 0.320 e. The number of hydrogen-bond acceptors (Lipinski definition) is 5. The summed E-state index contributed by atoms with van der Waals surface area (Å²) in [4.78, 5) is 11.3. The number of carbonyl (C=O) groups is 1. The van der Waals surface area contributed by atoms with Crippen molar-refractivity contribution in [3.63, 3.8) is 0 Å². The molecule has 1 atom stereocenters. The molecule has 0 aromatic heterocycles. The van der Waals surface area contributed by atoms with Gasteiger partial charge in [0.2, 0.25) is 0 Å². The van der Waals surface area contributed by atoms with Crippen LogP contribution in [0.5, 0.6) is 11.5 Å². The average Bonchev–Trinajstić information content (AvgIpc) is 2.52. The van der Waals surface area contributed by atoms with Crippen molar-refractivity contribution >= 4 is 33.7 Å². The number of ether oxygens (including phenoxy) is 2. The monoisotopic (exact) mass is 405 g/mol. The Kier molecular flexibility index (Phi) is 9.43. The normalized spacial score (nSPS) is 12.0. The minimum absolute atomic E-state index is 0.403. The van der Waals surface area contributed by atoms with Crippen LogP contribution in [0.25, 0.3) is 0 Å². The number of methoxy groups -OCH3 is 1. The number of halogens is 1. The number of nitrogens with one attached hydrogen (secondary N) is 1. The van der Waals surface area contributed by atoms with Crippen molar-refractivity contribution < 1.29 is 19.4 Å². The highest BCUT2D eigenvalue weighted by molar-refractivity contribution is 9.10. The molecule has 0 aliphatic heterocycles. The Bertz CT molecular complexity index is 513. The van der Waals surface area contributed by atoms with Crippen molar-refractivity contribution in [2.75, 3.05) is 25.7 Å². The molecule has 1 rings (SSSR count). The van der Waals surface area contributed by atoms with Crippen LogP contribution in [-0.4, -0.2) is 42.8 Å². The fraction of sp³-hybridized carbons (Fsp3) is 0.562. The maximum absolute atomic E-state index is 11.3. The second-order valence-electron chi connectivity index (χ2n) is 5.00. The second kappa shape index (κ2) is 10.8. The number of carboxylic acid groups (broad SMARTS) is 1. The van der Waals surface area contributed by atoms with Crippen LogP contribution in [0.1, 0.15) is 25.3 Å². The fourth-order valence-corrected chi connectivity index (χ4v) is 3.01. The van der Waals surface area contributed by atoms with E-state index in [4.69, 9.17) is 9.47 Å². The van der Waals surface area contributed by atoms with Gasteiger partial charge in [-0.2, -0.15) is 11.8 Å². The minimum Gasteiger partial charge on any atom is -0.493 e. The summed E-state index contributed by atoms with van der Waals surface area (Å²) < 4.78 is 12.0. The van der Waals surface area contributed by atoms with Crippen LogP contribution in [0.3, 0.4) is 0 Å². The summed E-state index contributed by atoms with van der Waals surface area (Å²) in [6.07, 6.45) is 3.43. The fourth-order valence-electron chi connectivity index (χ4n) is 2.06. The van der Waals surface area contributed by atoms with Gasteiger partial charge in [-0.25, -0.2) is 0 Å². The number of hydrogen-bond donors (Lipinski definition) is 2. The molecule has 1 aromatic carbocycles. The quantitative estimate of drug-likeness (QED) is 0.586. The molecule has 0 fully saturated rings. The summed E-state index contributed by atoms with van der Waals surface area (Å²) in [5.41, 5.74) is 0.875. The third kappa shape index (κ3) is 6.61. The van der Waals surface area contributed by atoms with Gasteiger partial charge in [0.15, 0.2) is 11.5 Å². The van der Waals surface area contributed by atoms with E-state index < -0.39 is 12.0 Å². The molecule has 0 saturated carbocycles. The molecule has 0 aliphatic carbocycles. The minimum atomic E-state index is -0.836. The zero-order chi connectivity index (χ0) is 17.2. The summed E-state index contributed by atoms with van der Waals surface area (Å²) in [7, 11) is 1.59. The van der Waals surface area contributed by atoms with Crippen molar-refractivity contribution in [2.24, 2.45) is 0 Å². The molecule has 0 spiro atoms. The van der Waals surface area contributed by atoms with E-state index in [2.05, 4.69) is 21.2 Å². The van der Waals surface area contributed by atoms with Gasteiger partial charge in [-0.3, -0.25) is 4.79 Å². The number of thioether (sulfide) groups is 1. The largest absolute Gasteiger partial charge is 0.493 e. The number of benzene rings is 1. The molecule has 0 heterocycles. The molecule has 5 nitrogen and oxygen atoms in total. The Morgan fingerprint density at radius 2 is 2.22 bits per heavy atom. The van der Waals surface area contributed by atoms with Gasteiger partial charge in [-0.15, -0.1) is 0 Å². The summed E-state index contributed by atoms with van der Waals surface area (Å²) >= 11 is 5.09. The van der Waals surface area contributed by atoms with E-state index in [-0.39, 0.29) is 0 Å². The molecular weight excluding hydrogens is 382 g/mol. The summed E-state index contributed by atoms with van der Waals surface area (Å²) in [5, 5.41) is 12.4. The zero-order valence-corrected chi connectivity index (χ0v) is 16.1. The molecule has 0 aliphatic rings. The Hall–Kier alpha value is -0.920. The molecule has 0 saturated heterocycles. The smallest absolute Gasteiger partial charge is 0.320 e. The topological polar surface area (TPSA) is 67.8 Å². The standard InChI is InChI=1S/C16H24BrNO4S/c1-4-6-22-15-11(8-12(17)9-14(15)21-2)10-18-13(16(19)20)5-7-23-3/h8-9,13,18H,4-7,10H2,1-3H3,(H,19,20). The van der Waals surface area contributed by atoms with Gasteiger partial charge in [0.1, 0.15) is 6.04 Å². The first-order valence-electron chi connectivity index (χ1n) is 7.47. The lowest BCUT2D eigenvalue weighted by molar-refractivity contribution is -0.139. The highest BCUT2D eigenvalue weighted by atomic mass is 79.9. The van der Waals surface area contributed by atoms with Gasteiger partial charge >= 0.3 is 5.97 Å². The van der Waals surface area contributed by atoms with Crippen LogP contribution >= 0.6 is 27.7 Å². The van der Waals surface area contributed by atoms with Gasteiger partial charge in [0, 0.05) is 16.6 Å². The molecule has 1 unspecified atom stereocenters. The molecule has 1 aromatic rings. The number of aliphatic carboxylic acids is 1. The zero-order valence-electron chi connectivity index (χ0n) is 13.7. The summed E-state index contributed by atoms with van der Waals surface area (Å²) in [6.45, 7) is 3.02. The van der Waals surface area contributed by atoms with Crippen LogP contribution in [0.4, 0.5) is 0 Å². The van der Waals surface area contributed by atoms with Gasteiger partial charge in [-0.1, -0.05) is 22.9 Å². The molecule has 0 radical (unpaired) electrons. The Morgan fingerprint density at radius 3 is 2.78 bits per heavy atom. The molecule has 23 heavy (non-hydrogen) atoms. The van der Waals surface area contributed by atoms with Gasteiger partial charge in [0.05, 0.1) is 13.7 Å². The van der Waals surface area contributed by atoms with E-state index in [1.54, 1.807) is 18.9 Å². The van der Waals surface area contributed by atoms with Crippen molar-refractivity contribution in [3.8, 4) is 11.5 Å². The third-order valence-corrected chi connectivity index (χ3v) is 4.32. The first-order valence-corrected chi connectivity index (χ1v) is 9.66. The molecule has 7 heteroatoms. The Balaban J connectivity index is 2.91. The van der Waals surface area contributed by atoms with E-state index in [0.717, 1.165) is 22.2 Å². The maximum atomic E-state index is 11.3. The van der Waals surface area contributed by atoms with Crippen LogP contribution < -0.4 is 14.8 Å². The lowest BCUT2D eigenvalue weighted by Crippen LogP contribution is -2.36. The van der Waals surface area contributed by atoms with Gasteiger partial charge in [0.25, 0.3) is 0 Å². The molecule has 2 N–H and O–H groups in total. The summed E-state index contributed by atoms with van der Waals surface area (Å²) in [6, 6.07) is 3.19. The van der Waals surface area contributed by atoms with E-state index in [1.165, 1.54) is 0 Å². The predicted octanol–water partition coefficient (Wildman–Crippen LogP) is 3.54. The van der Waals surface area contributed by atoms with E-state index >= 15 is 0 Å². The highest BCUT2D eigenvalue weighted by Crippen LogP contribution is 2.35. The third-order valence-electron chi connectivity index (χ3n) is 3.21. The number of carboxylic acids is 1. The molecule has 0 amide bonds. The Morgan fingerprint density at radius 1 is 1.48 bits per heavy atom. The SMILES string of the molecule is CCCOc1c(CNC(CCSC)C(=O)O)cc(Br)cc1OC. The van der Waals surface area contributed by atoms with Crippen LogP contribution in [-0.2, 0) is 11.3 Å². The van der Waals surface area contributed by atoms with Crippen LogP contribution in [0, 0.1) is 0 Å². The van der Waals surface area contributed by atoms with Gasteiger partial charge < -0.3 is 19.9 Å². The number of rotatable bonds is 11. The molecule has 130 valence electrons. The van der Waals surface area contributed by atoms with E-state index in [0.29, 0.717) is 31.1 Å². The average molecular weight is 406 g/mol. The van der Waals surface area contributed by atoms with Gasteiger partial charge in [-0.05, 0) is 37.0 Å². The van der Waals surface area contributed by atoms with Crippen molar-refractivity contribution in [2.45, 2.75) is 32.4 Å². The Labute approximate surface area is 150 Å². The van der Waals surface area contributed by atoms with Crippen LogP contribution in [0.2, 0.25) is 0 Å². The highest BCUT2D eigenvalue weighted by Gasteiger charge is 2.18. The first kappa shape index (κ1) is 20.1. The van der Waals surface area contributed by atoms with E-state index in [9.17, 15) is 9.90 Å². The molecular formula is C16H24BrNO4S. The lowest BCUT2D eigenvalue weighted by atomic mass is 10.1. The first-order chi connectivity index (χ1) is 11.0. The predicted molar refractivity (Wildman–Crippen MR) is 97.7 cm³/mol. The second-order valence-corrected chi connectivity index (χ2v) is 6.90. The lowest BCUT2D eigenvalue weighted by Gasteiger charge is -2.18. The van der Waals surface area contributed by atoms with Crippen LogP contribution in [0.15, 0.2) is 16.6 Å². The van der Waals surface area contributed by atoms with Crippen molar-refractivity contribution in [1.82, 2.24) is 5.32 Å². The van der Waals surface area contributed by atoms with E-state index in [1.807, 2.05) is 25.3 Å². The van der Waals surface area contributed by atoms with Crippen molar-refractivity contribution in [3.05, 3.63) is 22.2 Å². The molecule has 0 bridgehead atoms.